The van der Waals surface area contributed by atoms with Gasteiger partial charge in [0.1, 0.15) is 0 Å². The van der Waals surface area contributed by atoms with E-state index in [4.69, 9.17) is 11.6 Å². The lowest BCUT2D eigenvalue weighted by molar-refractivity contribution is -0.127. The van der Waals surface area contributed by atoms with Gasteiger partial charge in [0.05, 0.1) is 17.5 Å². The Labute approximate surface area is 169 Å². The summed E-state index contributed by atoms with van der Waals surface area (Å²) in [6.45, 7) is 3.02. The van der Waals surface area contributed by atoms with Crippen molar-refractivity contribution < 1.29 is 9.59 Å². The molecule has 2 amide bonds. The van der Waals surface area contributed by atoms with Crippen molar-refractivity contribution in [2.45, 2.75) is 25.8 Å². The van der Waals surface area contributed by atoms with Crippen LogP contribution in [0.1, 0.15) is 34.5 Å². The maximum Gasteiger partial charge on any atom is 0.257 e. The molecule has 0 bridgehead atoms. The minimum Gasteiger partial charge on any atom is -0.336 e. The first-order valence-electron chi connectivity index (χ1n) is 9.69. The fraction of sp³-hybridized carbons (Fsp3) is 0.381. The van der Waals surface area contributed by atoms with Gasteiger partial charge in [0.25, 0.3) is 5.91 Å². The molecule has 3 heterocycles. The number of amides is 2. The third kappa shape index (κ3) is 3.83. The van der Waals surface area contributed by atoms with Gasteiger partial charge in [-0.15, -0.1) is 0 Å². The van der Waals surface area contributed by atoms with E-state index in [2.05, 4.69) is 5.10 Å². The molecule has 0 saturated carbocycles. The minimum absolute atomic E-state index is 0.0295. The molecule has 2 aliphatic rings. The van der Waals surface area contributed by atoms with Crippen LogP contribution in [0.25, 0.3) is 6.08 Å². The summed E-state index contributed by atoms with van der Waals surface area (Å²) in [6, 6.07) is 7.41. The number of piperazine rings is 1. The summed E-state index contributed by atoms with van der Waals surface area (Å²) >= 11 is 6.12. The number of hydrogen-bond donors (Lipinski definition) is 0. The van der Waals surface area contributed by atoms with E-state index >= 15 is 0 Å². The first kappa shape index (κ1) is 18.7. The largest absolute Gasteiger partial charge is 0.336 e. The number of aromatic nitrogens is 2. The van der Waals surface area contributed by atoms with Gasteiger partial charge in [0.15, 0.2) is 0 Å². The van der Waals surface area contributed by atoms with Crippen LogP contribution < -0.4 is 0 Å². The highest BCUT2D eigenvalue weighted by molar-refractivity contribution is 6.32. The van der Waals surface area contributed by atoms with Crippen LogP contribution in [0.15, 0.2) is 36.5 Å². The average Bonchev–Trinajstić information content (AvgIpc) is 3.17. The lowest BCUT2D eigenvalue weighted by Gasteiger charge is -2.34. The van der Waals surface area contributed by atoms with Gasteiger partial charge >= 0.3 is 0 Å². The molecule has 0 atom stereocenters. The van der Waals surface area contributed by atoms with E-state index in [0.717, 1.165) is 42.6 Å². The number of carbonyl (C=O) groups excluding carboxylic acids is 2. The normalized spacial score (nSPS) is 17.0. The van der Waals surface area contributed by atoms with Crippen molar-refractivity contribution in [2.24, 2.45) is 0 Å². The number of hydrogen-bond acceptors (Lipinski definition) is 3. The molecule has 146 valence electrons. The number of aryl methyl sites for hydroxylation is 1. The van der Waals surface area contributed by atoms with Crippen molar-refractivity contribution in [1.29, 1.82) is 0 Å². The van der Waals surface area contributed by atoms with Gasteiger partial charge in [-0.25, -0.2) is 0 Å². The van der Waals surface area contributed by atoms with Crippen molar-refractivity contribution in [3.8, 4) is 0 Å². The Morgan fingerprint density at radius 3 is 2.54 bits per heavy atom. The molecule has 6 nitrogen and oxygen atoms in total. The number of fused-ring (bicyclic) bond motifs is 1. The summed E-state index contributed by atoms with van der Waals surface area (Å²) < 4.78 is 1.95. The SMILES string of the molecule is O=C(/C=C/c1ccccc1Cl)N1CCN(C(=O)c2cnn3c2CCCC3)CC1. The first-order valence-corrected chi connectivity index (χ1v) is 10.1. The maximum atomic E-state index is 12.9. The van der Waals surface area contributed by atoms with Gasteiger partial charge in [0.2, 0.25) is 5.91 Å². The topological polar surface area (TPSA) is 58.4 Å². The van der Waals surface area contributed by atoms with Gasteiger partial charge in [-0.3, -0.25) is 14.3 Å². The molecule has 0 radical (unpaired) electrons. The van der Waals surface area contributed by atoms with Gasteiger partial charge in [-0.1, -0.05) is 29.8 Å². The molecule has 0 aliphatic carbocycles. The fourth-order valence-corrected chi connectivity index (χ4v) is 3.98. The van der Waals surface area contributed by atoms with E-state index in [1.54, 1.807) is 29.3 Å². The van der Waals surface area contributed by atoms with Crippen LogP contribution in [0.3, 0.4) is 0 Å². The number of nitrogens with zero attached hydrogens (tertiary/aromatic N) is 4. The van der Waals surface area contributed by atoms with Crippen LogP contribution in [0, 0.1) is 0 Å². The molecule has 1 saturated heterocycles. The van der Waals surface area contributed by atoms with E-state index in [1.807, 2.05) is 27.8 Å². The third-order valence-electron chi connectivity index (χ3n) is 5.40. The Bertz CT molecular complexity index is 913. The lowest BCUT2D eigenvalue weighted by atomic mass is 10.1. The summed E-state index contributed by atoms with van der Waals surface area (Å²) in [4.78, 5) is 29.0. The number of benzene rings is 1. The Balaban J connectivity index is 1.35. The van der Waals surface area contributed by atoms with Gasteiger partial charge in [0, 0.05) is 43.8 Å². The van der Waals surface area contributed by atoms with Crippen LogP contribution in [0.2, 0.25) is 5.02 Å². The monoisotopic (exact) mass is 398 g/mol. The molecule has 1 fully saturated rings. The van der Waals surface area contributed by atoms with Gasteiger partial charge in [-0.05, 0) is 37.0 Å². The van der Waals surface area contributed by atoms with E-state index in [0.29, 0.717) is 31.2 Å². The predicted octanol–water partition coefficient (Wildman–Crippen LogP) is 2.87. The summed E-state index contributed by atoms with van der Waals surface area (Å²) in [5.41, 5.74) is 2.59. The van der Waals surface area contributed by atoms with Crippen molar-refractivity contribution in [1.82, 2.24) is 19.6 Å². The molecule has 28 heavy (non-hydrogen) atoms. The average molecular weight is 399 g/mol. The number of halogens is 1. The zero-order valence-electron chi connectivity index (χ0n) is 15.7. The number of rotatable bonds is 3. The van der Waals surface area contributed by atoms with Crippen LogP contribution in [0.4, 0.5) is 0 Å². The van der Waals surface area contributed by atoms with E-state index in [9.17, 15) is 9.59 Å². The summed E-state index contributed by atoms with van der Waals surface area (Å²) in [5.74, 6) is -0.0308. The summed E-state index contributed by atoms with van der Waals surface area (Å²) in [6.07, 6.45) is 8.12. The standard InChI is InChI=1S/C21H23ClN4O2/c22-18-6-2-1-5-16(18)8-9-20(27)24-11-13-25(14-12-24)21(28)17-15-23-26-10-4-3-7-19(17)26/h1-2,5-6,8-9,15H,3-4,7,10-14H2/b9-8+. The molecule has 4 rings (SSSR count). The lowest BCUT2D eigenvalue weighted by Crippen LogP contribution is -2.50. The first-order chi connectivity index (χ1) is 13.6. The second-order valence-corrected chi connectivity index (χ2v) is 7.56. The smallest absolute Gasteiger partial charge is 0.257 e. The summed E-state index contributed by atoms with van der Waals surface area (Å²) in [7, 11) is 0. The molecule has 1 aromatic heterocycles. The maximum absolute atomic E-state index is 12.9. The highest BCUT2D eigenvalue weighted by atomic mass is 35.5. The molecule has 0 spiro atoms. The second kappa shape index (κ2) is 8.19. The van der Waals surface area contributed by atoms with Crippen molar-refractivity contribution in [3.05, 3.63) is 58.4 Å². The van der Waals surface area contributed by atoms with Crippen LogP contribution in [-0.4, -0.2) is 57.6 Å². The Morgan fingerprint density at radius 2 is 1.75 bits per heavy atom. The van der Waals surface area contributed by atoms with Gasteiger partial charge in [-0.2, -0.15) is 5.10 Å². The van der Waals surface area contributed by atoms with Crippen LogP contribution in [0.5, 0.6) is 0 Å². The Hall–Kier alpha value is -2.60. The quantitative estimate of drug-likeness (QED) is 0.747. The Morgan fingerprint density at radius 1 is 1.00 bits per heavy atom. The van der Waals surface area contributed by atoms with Gasteiger partial charge < -0.3 is 9.80 Å². The highest BCUT2D eigenvalue weighted by Gasteiger charge is 2.27. The highest BCUT2D eigenvalue weighted by Crippen LogP contribution is 2.20. The van der Waals surface area contributed by atoms with Crippen molar-refractivity contribution in [3.63, 3.8) is 0 Å². The van der Waals surface area contributed by atoms with E-state index in [1.165, 1.54) is 0 Å². The molecule has 1 aromatic carbocycles. The fourth-order valence-electron chi connectivity index (χ4n) is 3.78. The zero-order valence-corrected chi connectivity index (χ0v) is 16.4. The van der Waals surface area contributed by atoms with E-state index < -0.39 is 0 Å². The van der Waals surface area contributed by atoms with Crippen molar-refractivity contribution in [2.75, 3.05) is 26.2 Å². The molecule has 2 aliphatic heterocycles. The molecule has 0 unspecified atom stereocenters. The molecule has 0 N–H and O–H groups in total. The predicted molar refractivity (Wildman–Crippen MR) is 108 cm³/mol. The van der Waals surface area contributed by atoms with E-state index in [-0.39, 0.29) is 11.8 Å². The van der Waals surface area contributed by atoms with Crippen LogP contribution in [-0.2, 0) is 17.8 Å². The summed E-state index contributed by atoms with van der Waals surface area (Å²) in [5, 5.41) is 4.98. The van der Waals surface area contributed by atoms with Crippen LogP contribution >= 0.6 is 11.6 Å². The molecular formula is C21H23ClN4O2. The zero-order chi connectivity index (χ0) is 19.5. The molecular weight excluding hydrogens is 376 g/mol. The van der Waals surface area contributed by atoms with Crippen molar-refractivity contribution >= 4 is 29.5 Å². The second-order valence-electron chi connectivity index (χ2n) is 7.16. The molecule has 7 heteroatoms. The molecule has 2 aromatic rings. The minimum atomic E-state index is -0.0602. The number of carbonyl (C=O) groups is 2. The third-order valence-corrected chi connectivity index (χ3v) is 5.75. The Kier molecular flexibility index (Phi) is 5.48.